The van der Waals surface area contributed by atoms with Crippen LogP contribution in [0.2, 0.25) is 0 Å². The lowest BCUT2D eigenvalue weighted by Crippen LogP contribution is -2.50. The molecule has 0 radical (unpaired) electrons. The largest absolute Gasteiger partial charge is 0.440 e. The smallest absolute Gasteiger partial charge is 0.410 e. The van der Waals surface area contributed by atoms with Crippen molar-refractivity contribution < 1.29 is 18.7 Å². The quantitative estimate of drug-likeness (QED) is 0.705. The molecular formula is C20H23FN6O3. The number of ether oxygens (including phenoxy) is 2. The number of pyridine rings is 1. The third-order valence-electron chi connectivity index (χ3n) is 5.62. The van der Waals surface area contributed by atoms with Gasteiger partial charge in [0.1, 0.15) is 5.65 Å². The number of hydrogen-bond donors (Lipinski definition) is 1. The molecule has 0 spiro atoms. The molecule has 10 heteroatoms. The summed E-state index contributed by atoms with van der Waals surface area (Å²) in [4.78, 5) is 24.0. The molecule has 0 aromatic carbocycles. The van der Waals surface area contributed by atoms with Crippen molar-refractivity contribution >= 4 is 22.8 Å². The van der Waals surface area contributed by atoms with E-state index in [0.29, 0.717) is 26.2 Å². The molecule has 158 valence electrons. The predicted molar refractivity (Wildman–Crippen MR) is 108 cm³/mol. The van der Waals surface area contributed by atoms with E-state index in [0.717, 1.165) is 28.0 Å². The molecule has 2 aliphatic heterocycles. The second kappa shape index (κ2) is 7.60. The van der Waals surface area contributed by atoms with Crippen LogP contribution >= 0.6 is 0 Å². The van der Waals surface area contributed by atoms with Crippen molar-refractivity contribution in [2.75, 3.05) is 44.3 Å². The number of piperazine rings is 1. The number of alkyl halides is 1. The topological polar surface area (TPSA) is 88.5 Å². The van der Waals surface area contributed by atoms with Gasteiger partial charge in [0.25, 0.3) is 0 Å². The lowest BCUT2D eigenvalue weighted by molar-refractivity contribution is 0.0360. The van der Waals surface area contributed by atoms with Gasteiger partial charge in [-0.1, -0.05) is 0 Å². The zero-order valence-electron chi connectivity index (χ0n) is 16.6. The van der Waals surface area contributed by atoms with Crippen LogP contribution in [0.3, 0.4) is 0 Å². The molecule has 0 saturated carbocycles. The molecule has 2 fully saturated rings. The van der Waals surface area contributed by atoms with E-state index in [4.69, 9.17) is 9.47 Å². The molecule has 1 N–H and O–H groups in total. The van der Waals surface area contributed by atoms with E-state index in [9.17, 15) is 9.18 Å². The first-order valence-electron chi connectivity index (χ1n) is 9.97. The minimum Gasteiger partial charge on any atom is -0.440 e. The van der Waals surface area contributed by atoms with Crippen molar-refractivity contribution in [3.8, 4) is 11.3 Å². The van der Waals surface area contributed by atoms with E-state index in [1.165, 1.54) is 0 Å². The number of rotatable bonds is 3. The molecule has 2 aliphatic rings. The van der Waals surface area contributed by atoms with E-state index in [-0.39, 0.29) is 13.2 Å². The highest BCUT2D eigenvalue weighted by Crippen LogP contribution is 2.30. The molecule has 2 saturated heterocycles. The van der Waals surface area contributed by atoms with Crippen LogP contribution in [-0.4, -0.2) is 82.4 Å². The molecular weight excluding hydrogens is 391 g/mol. The number of H-pyrrole nitrogens is 1. The Morgan fingerprint density at radius 1 is 1.30 bits per heavy atom. The number of aromatic amines is 1. The van der Waals surface area contributed by atoms with E-state index < -0.39 is 18.4 Å². The summed E-state index contributed by atoms with van der Waals surface area (Å²) in [5.74, 6) is 0. The summed E-state index contributed by atoms with van der Waals surface area (Å²) in [6, 6.07) is 4.07. The molecule has 9 nitrogen and oxygen atoms in total. The van der Waals surface area contributed by atoms with Crippen LogP contribution in [0, 0.1) is 0 Å². The Hall–Kier alpha value is -3.14. The lowest BCUT2D eigenvalue weighted by Gasteiger charge is -2.36. The second-order valence-electron chi connectivity index (χ2n) is 7.63. The Morgan fingerprint density at radius 3 is 2.83 bits per heavy atom. The molecule has 30 heavy (non-hydrogen) atoms. The van der Waals surface area contributed by atoms with Crippen LogP contribution in [0.1, 0.15) is 0 Å². The van der Waals surface area contributed by atoms with Crippen LogP contribution in [0.15, 0.2) is 30.7 Å². The first-order valence-corrected chi connectivity index (χ1v) is 9.97. The standard InChI is InChI=1S/C20H23FN6O3/c1-25-10-13(9-23-25)16-8-14-17(2-3-22-19(14)24-16)26-4-6-27(7-5-26)20(28)30-18-12-29-11-15(18)21/h2-3,8-10,15,18H,4-7,11-12H2,1H3,(H,22,24)/t15-,18-/m0/s1. The van der Waals surface area contributed by atoms with Gasteiger partial charge >= 0.3 is 6.09 Å². The third-order valence-corrected chi connectivity index (χ3v) is 5.62. The van der Waals surface area contributed by atoms with Crippen LogP contribution < -0.4 is 4.90 Å². The van der Waals surface area contributed by atoms with Crippen molar-refractivity contribution in [2.45, 2.75) is 12.3 Å². The Kier molecular flexibility index (Phi) is 4.78. The fourth-order valence-corrected chi connectivity index (χ4v) is 3.95. The molecule has 3 aromatic rings. The number of halogens is 1. The van der Waals surface area contributed by atoms with Gasteiger partial charge in [-0.25, -0.2) is 14.2 Å². The molecule has 3 aromatic heterocycles. The van der Waals surface area contributed by atoms with Gasteiger partial charge < -0.3 is 24.3 Å². The highest BCUT2D eigenvalue weighted by Gasteiger charge is 2.33. The fraction of sp³-hybridized carbons (Fsp3) is 0.450. The fourth-order valence-electron chi connectivity index (χ4n) is 3.95. The number of carbonyl (C=O) groups excluding carboxylic acids is 1. The minimum atomic E-state index is -1.25. The van der Waals surface area contributed by atoms with Gasteiger partial charge in [0.05, 0.1) is 25.1 Å². The van der Waals surface area contributed by atoms with E-state index in [1.54, 1.807) is 15.8 Å². The number of nitrogens with one attached hydrogen (secondary N) is 1. The van der Waals surface area contributed by atoms with Crippen molar-refractivity contribution in [1.29, 1.82) is 0 Å². The molecule has 1 amide bonds. The minimum absolute atomic E-state index is 0.0124. The van der Waals surface area contributed by atoms with Crippen LogP contribution in [-0.2, 0) is 16.5 Å². The summed E-state index contributed by atoms with van der Waals surface area (Å²) in [6.07, 6.45) is 3.01. The average molecular weight is 414 g/mol. The summed E-state index contributed by atoms with van der Waals surface area (Å²) in [7, 11) is 1.88. The maximum Gasteiger partial charge on any atom is 0.410 e. The Balaban J connectivity index is 1.29. The SMILES string of the molecule is Cn1cc(-c2cc3c(N4CCN(C(=O)O[C@H]5COC[C@@H]5F)CC4)ccnc3[nH]2)cn1. The summed E-state index contributed by atoms with van der Waals surface area (Å²) >= 11 is 0. The van der Waals surface area contributed by atoms with Gasteiger partial charge in [-0.05, 0) is 12.1 Å². The first kappa shape index (κ1) is 18.9. The Bertz CT molecular complexity index is 1060. The molecule has 0 unspecified atom stereocenters. The van der Waals surface area contributed by atoms with E-state index in [1.807, 2.05) is 25.5 Å². The monoisotopic (exact) mass is 414 g/mol. The number of fused-ring (bicyclic) bond motifs is 1. The zero-order chi connectivity index (χ0) is 20.7. The number of carbonyl (C=O) groups is 1. The van der Waals surface area contributed by atoms with Gasteiger partial charge in [0.15, 0.2) is 12.3 Å². The van der Waals surface area contributed by atoms with Crippen molar-refractivity contribution in [3.63, 3.8) is 0 Å². The highest BCUT2D eigenvalue weighted by molar-refractivity contribution is 5.93. The molecule has 5 rings (SSSR count). The maximum atomic E-state index is 13.6. The summed E-state index contributed by atoms with van der Waals surface area (Å²) < 4.78 is 25.7. The summed E-state index contributed by atoms with van der Waals surface area (Å²) in [5, 5.41) is 5.25. The van der Waals surface area contributed by atoms with Crippen LogP contribution in [0.5, 0.6) is 0 Å². The summed E-state index contributed by atoms with van der Waals surface area (Å²) in [5.41, 5.74) is 3.83. The number of nitrogens with zero attached hydrogens (tertiary/aromatic N) is 5. The van der Waals surface area contributed by atoms with Gasteiger partial charge in [0, 0.05) is 62.3 Å². The van der Waals surface area contributed by atoms with Crippen LogP contribution in [0.25, 0.3) is 22.3 Å². The Morgan fingerprint density at radius 2 is 2.13 bits per heavy atom. The number of aryl methyl sites for hydroxylation is 1. The zero-order valence-corrected chi connectivity index (χ0v) is 16.6. The van der Waals surface area contributed by atoms with Gasteiger partial charge in [-0.3, -0.25) is 4.68 Å². The van der Waals surface area contributed by atoms with Crippen molar-refractivity contribution in [2.24, 2.45) is 7.05 Å². The average Bonchev–Trinajstić information content (AvgIpc) is 3.48. The van der Waals surface area contributed by atoms with E-state index in [2.05, 4.69) is 26.0 Å². The molecule has 0 bridgehead atoms. The summed E-state index contributed by atoms with van der Waals surface area (Å²) in [6.45, 7) is 2.43. The number of anilines is 1. The first-order chi connectivity index (χ1) is 14.6. The van der Waals surface area contributed by atoms with E-state index >= 15 is 0 Å². The molecule has 5 heterocycles. The third kappa shape index (κ3) is 3.47. The normalized spacial score (nSPS) is 22.1. The Labute approximate surface area is 172 Å². The maximum absolute atomic E-state index is 13.6. The molecule has 0 aliphatic carbocycles. The van der Waals surface area contributed by atoms with Gasteiger partial charge in [-0.2, -0.15) is 5.10 Å². The second-order valence-corrected chi connectivity index (χ2v) is 7.63. The number of amides is 1. The number of aromatic nitrogens is 4. The molecule has 2 atom stereocenters. The van der Waals surface area contributed by atoms with Crippen molar-refractivity contribution in [1.82, 2.24) is 24.6 Å². The number of hydrogen-bond acceptors (Lipinski definition) is 6. The van der Waals surface area contributed by atoms with Gasteiger partial charge in [-0.15, -0.1) is 0 Å². The lowest BCUT2D eigenvalue weighted by atomic mass is 10.2. The highest BCUT2D eigenvalue weighted by atomic mass is 19.1. The van der Waals surface area contributed by atoms with Gasteiger partial charge in [0.2, 0.25) is 0 Å². The predicted octanol–water partition coefficient (Wildman–Crippen LogP) is 1.96. The van der Waals surface area contributed by atoms with Crippen molar-refractivity contribution in [3.05, 3.63) is 30.7 Å². The van der Waals surface area contributed by atoms with Crippen LogP contribution in [0.4, 0.5) is 14.9 Å².